The Balaban J connectivity index is 1.65. The quantitative estimate of drug-likeness (QED) is 0.841. The Bertz CT molecular complexity index is 416. The largest absolute Gasteiger partial charge is 0.492 e. The second-order valence-electron chi connectivity index (χ2n) is 4.93. The molecule has 1 aliphatic rings. The number of carbonyl (C=O) groups is 1. The second kappa shape index (κ2) is 7.53. The summed E-state index contributed by atoms with van der Waals surface area (Å²) >= 11 is 3.40. The van der Waals surface area contributed by atoms with E-state index >= 15 is 0 Å². The van der Waals surface area contributed by atoms with Crippen LogP contribution >= 0.6 is 15.9 Å². The highest BCUT2D eigenvalue weighted by Gasteiger charge is 2.20. The third kappa shape index (κ3) is 4.86. The second-order valence-corrected chi connectivity index (χ2v) is 5.85. The third-order valence-electron chi connectivity index (χ3n) is 3.44. The third-order valence-corrected chi connectivity index (χ3v) is 3.94. The number of rotatable bonds is 5. The molecule has 1 aromatic carbocycles. The van der Waals surface area contributed by atoms with E-state index in [1.165, 1.54) is 19.3 Å². The zero-order valence-corrected chi connectivity index (χ0v) is 12.6. The average molecular weight is 326 g/mol. The molecule has 0 saturated heterocycles. The number of benzene rings is 1. The highest BCUT2D eigenvalue weighted by molar-refractivity contribution is 9.10. The lowest BCUT2D eigenvalue weighted by molar-refractivity contribution is -0.126. The Morgan fingerprint density at radius 3 is 2.84 bits per heavy atom. The van der Waals surface area contributed by atoms with E-state index in [1.807, 2.05) is 24.3 Å². The van der Waals surface area contributed by atoms with Gasteiger partial charge in [0.05, 0.1) is 6.54 Å². The summed E-state index contributed by atoms with van der Waals surface area (Å²) in [7, 11) is 0. The maximum Gasteiger partial charge on any atom is 0.223 e. The smallest absolute Gasteiger partial charge is 0.223 e. The van der Waals surface area contributed by atoms with E-state index < -0.39 is 0 Å². The van der Waals surface area contributed by atoms with Crippen LogP contribution in [0.15, 0.2) is 28.7 Å². The van der Waals surface area contributed by atoms with E-state index in [-0.39, 0.29) is 11.8 Å². The monoisotopic (exact) mass is 325 g/mol. The molecule has 1 N–H and O–H groups in total. The molecule has 4 heteroatoms. The van der Waals surface area contributed by atoms with E-state index in [2.05, 4.69) is 21.2 Å². The van der Waals surface area contributed by atoms with Crippen LogP contribution in [0.4, 0.5) is 0 Å². The minimum absolute atomic E-state index is 0.192. The van der Waals surface area contributed by atoms with Crippen molar-refractivity contribution >= 4 is 21.8 Å². The summed E-state index contributed by atoms with van der Waals surface area (Å²) in [6.45, 7) is 1.08. The summed E-state index contributed by atoms with van der Waals surface area (Å²) in [4.78, 5) is 11.9. The van der Waals surface area contributed by atoms with Crippen molar-refractivity contribution in [2.45, 2.75) is 32.1 Å². The molecule has 3 nitrogen and oxygen atoms in total. The Morgan fingerprint density at radius 2 is 2.11 bits per heavy atom. The summed E-state index contributed by atoms with van der Waals surface area (Å²) < 4.78 is 6.58. The summed E-state index contributed by atoms with van der Waals surface area (Å²) in [6, 6.07) is 7.72. The number of hydrogen-bond acceptors (Lipinski definition) is 2. The van der Waals surface area contributed by atoms with Gasteiger partial charge in [0.25, 0.3) is 0 Å². The molecule has 0 unspecified atom stereocenters. The molecule has 0 bridgehead atoms. The van der Waals surface area contributed by atoms with Gasteiger partial charge in [-0.1, -0.05) is 41.3 Å². The molecule has 0 aromatic heterocycles. The summed E-state index contributed by atoms with van der Waals surface area (Å²) in [6.07, 6.45) is 5.73. The van der Waals surface area contributed by atoms with Crippen molar-refractivity contribution in [2.75, 3.05) is 13.2 Å². The van der Waals surface area contributed by atoms with Crippen LogP contribution in [0.1, 0.15) is 32.1 Å². The van der Waals surface area contributed by atoms with Gasteiger partial charge in [0.2, 0.25) is 5.91 Å². The number of halogens is 1. The average Bonchev–Trinajstić information content (AvgIpc) is 2.44. The van der Waals surface area contributed by atoms with Gasteiger partial charge in [-0.25, -0.2) is 0 Å². The van der Waals surface area contributed by atoms with Gasteiger partial charge in [-0.3, -0.25) is 4.79 Å². The fraction of sp³-hybridized carbons (Fsp3) is 0.533. The van der Waals surface area contributed by atoms with E-state index in [9.17, 15) is 4.79 Å². The molecule has 1 aliphatic carbocycles. The first kappa shape index (κ1) is 14.4. The van der Waals surface area contributed by atoms with Crippen molar-refractivity contribution in [3.8, 4) is 5.75 Å². The lowest BCUT2D eigenvalue weighted by Crippen LogP contribution is -2.34. The normalized spacial score (nSPS) is 16.1. The first-order chi connectivity index (χ1) is 9.25. The van der Waals surface area contributed by atoms with Crippen LogP contribution in [0.3, 0.4) is 0 Å². The van der Waals surface area contributed by atoms with Gasteiger partial charge in [0.15, 0.2) is 0 Å². The van der Waals surface area contributed by atoms with Crippen LogP contribution in [0.2, 0.25) is 0 Å². The molecule has 2 rings (SSSR count). The van der Waals surface area contributed by atoms with Crippen molar-refractivity contribution in [3.63, 3.8) is 0 Å². The minimum atomic E-state index is 0.192. The molecule has 1 fully saturated rings. The predicted octanol–water partition coefficient (Wildman–Crippen LogP) is 3.52. The molecule has 0 heterocycles. The Labute approximate surface area is 122 Å². The number of carbonyl (C=O) groups excluding carboxylic acids is 1. The summed E-state index contributed by atoms with van der Waals surface area (Å²) in [5.74, 6) is 1.23. The first-order valence-corrected chi connectivity index (χ1v) is 7.71. The predicted molar refractivity (Wildman–Crippen MR) is 79.2 cm³/mol. The Kier molecular flexibility index (Phi) is 5.70. The van der Waals surface area contributed by atoms with Gasteiger partial charge in [-0.05, 0) is 31.0 Å². The fourth-order valence-corrected chi connectivity index (χ4v) is 2.79. The number of hydrogen-bond donors (Lipinski definition) is 1. The highest BCUT2D eigenvalue weighted by atomic mass is 79.9. The Hall–Kier alpha value is -1.03. The lowest BCUT2D eigenvalue weighted by atomic mass is 9.89. The maximum atomic E-state index is 11.9. The van der Waals surface area contributed by atoms with Crippen molar-refractivity contribution in [3.05, 3.63) is 28.7 Å². The summed E-state index contributed by atoms with van der Waals surface area (Å²) in [5, 5.41) is 2.96. The van der Waals surface area contributed by atoms with Gasteiger partial charge in [-0.2, -0.15) is 0 Å². The van der Waals surface area contributed by atoms with E-state index in [1.54, 1.807) is 0 Å². The number of ether oxygens (including phenoxy) is 1. The van der Waals surface area contributed by atoms with Gasteiger partial charge in [0, 0.05) is 10.4 Å². The van der Waals surface area contributed by atoms with Crippen molar-refractivity contribution < 1.29 is 9.53 Å². The zero-order valence-electron chi connectivity index (χ0n) is 11.0. The number of nitrogens with one attached hydrogen (secondary N) is 1. The minimum Gasteiger partial charge on any atom is -0.492 e. The molecule has 1 aromatic rings. The van der Waals surface area contributed by atoms with Crippen LogP contribution in [-0.2, 0) is 4.79 Å². The molecule has 0 radical (unpaired) electrons. The van der Waals surface area contributed by atoms with Crippen LogP contribution in [0, 0.1) is 5.92 Å². The molecule has 1 saturated carbocycles. The van der Waals surface area contributed by atoms with Crippen molar-refractivity contribution in [1.82, 2.24) is 5.32 Å². The molecule has 0 spiro atoms. The van der Waals surface area contributed by atoms with Crippen LogP contribution in [0.5, 0.6) is 5.75 Å². The highest BCUT2D eigenvalue weighted by Crippen LogP contribution is 2.23. The fourth-order valence-electron chi connectivity index (χ4n) is 2.41. The molecule has 0 aliphatic heterocycles. The van der Waals surface area contributed by atoms with E-state index in [4.69, 9.17) is 4.74 Å². The maximum absolute atomic E-state index is 11.9. The first-order valence-electron chi connectivity index (χ1n) is 6.92. The lowest BCUT2D eigenvalue weighted by Gasteiger charge is -2.20. The SMILES string of the molecule is O=C(NCCOc1cccc(Br)c1)C1CCCCC1. The van der Waals surface area contributed by atoms with E-state index in [0.29, 0.717) is 13.2 Å². The van der Waals surface area contributed by atoms with Crippen LogP contribution in [-0.4, -0.2) is 19.1 Å². The van der Waals surface area contributed by atoms with Crippen LogP contribution in [0.25, 0.3) is 0 Å². The van der Waals surface area contributed by atoms with Gasteiger partial charge in [-0.15, -0.1) is 0 Å². The molecular weight excluding hydrogens is 306 g/mol. The standard InChI is InChI=1S/C15H20BrNO2/c16-13-7-4-8-14(11-13)19-10-9-17-15(18)12-5-2-1-3-6-12/h4,7-8,11-12H,1-3,5-6,9-10H2,(H,17,18). The van der Waals surface area contributed by atoms with Crippen molar-refractivity contribution in [1.29, 1.82) is 0 Å². The Morgan fingerprint density at radius 1 is 1.32 bits per heavy atom. The zero-order chi connectivity index (χ0) is 13.5. The molecule has 104 valence electrons. The topological polar surface area (TPSA) is 38.3 Å². The van der Waals surface area contributed by atoms with Gasteiger partial charge in [0.1, 0.15) is 12.4 Å². The van der Waals surface area contributed by atoms with Crippen molar-refractivity contribution in [2.24, 2.45) is 5.92 Å². The molecular formula is C15H20BrNO2. The van der Waals surface area contributed by atoms with E-state index in [0.717, 1.165) is 23.1 Å². The molecule has 0 atom stereocenters. The van der Waals surface area contributed by atoms with Gasteiger partial charge >= 0.3 is 0 Å². The summed E-state index contributed by atoms with van der Waals surface area (Å²) in [5.41, 5.74) is 0. The van der Waals surface area contributed by atoms with Gasteiger partial charge < -0.3 is 10.1 Å². The molecule has 19 heavy (non-hydrogen) atoms. The number of amides is 1. The molecule has 1 amide bonds. The van der Waals surface area contributed by atoms with Crippen LogP contribution < -0.4 is 10.1 Å².